The maximum atomic E-state index is 11.1. The lowest BCUT2D eigenvalue weighted by Crippen LogP contribution is -2.39. The molecule has 7 heteroatoms. The van der Waals surface area contributed by atoms with E-state index in [1.165, 1.54) is 6.33 Å². The zero-order chi connectivity index (χ0) is 13.1. The molecule has 1 saturated heterocycles. The number of piperidine rings is 1. The van der Waals surface area contributed by atoms with Crippen LogP contribution >= 0.6 is 11.6 Å². The second-order valence-electron chi connectivity index (χ2n) is 4.18. The third-order valence-corrected chi connectivity index (χ3v) is 3.43. The van der Waals surface area contributed by atoms with E-state index >= 15 is 0 Å². The first-order chi connectivity index (χ1) is 8.63. The molecule has 0 spiro atoms. The fraction of sp³-hybridized carbons (Fsp3) is 0.455. The Balaban J connectivity index is 2.17. The molecule has 2 rings (SSSR count). The van der Waals surface area contributed by atoms with Crippen molar-refractivity contribution in [1.82, 2.24) is 9.97 Å². The number of anilines is 1. The third kappa shape index (κ3) is 2.43. The Hall–Kier alpha value is -1.69. The van der Waals surface area contributed by atoms with Crippen molar-refractivity contribution in [3.63, 3.8) is 0 Å². The number of primary amides is 1. The third-order valence-electron chi connectivity index (χ3n) is 3.13. The van der Waals surface area contributed by atoms with Crippen molar-refractivity contribution in [2.45, 2.75) is 12.8 Å². The van der Waals surface area contributed by atoms with Crippen LogP contribution in [0.3, 0.4) is 0 Å². The van der Waals surface area contributed by atoms with Gasteiger partial charge in [-0.15, -0.1) is 0 Å². The average molecular weight is 269 g/mol. The van der Waals surface area contributed by atoms with Crippen LogP contribution in [0.5, 0.6) is 0 Å². The van der Waals surface area contributed by atoms with Crippen molar-refractivity contribution in [3.8, 4) is 0 Å². The van der Waals surface area contributed by atoms with Crippen molar-refractivity contribution in [2.24, 2.45) is 11.7 Å². The summed E-state index contributed by atoms with van der Waals surface area (Å²) in [5.41, 5.74) is 5.56. The Kier molecular flexibility index (Phi) is 3.76. The van der Waals surface area contributed by atoms with Gasteiger partial charge < -0.3 is 10.6 Å². The Morgan fingerprint density at radius 2 is 2.11 bits per heavy atom. The Labute approximate surface area is 109 Å². The van der Waals surface area contributed by atoms with Crippen molar-refractivity contribution in [3.05, 3.63) is 17.0 Å². The van der Waals surface area contributed by atoms with E-state index in [1.54, 1.807) is 0 Å². The number of carbonyl (C=O) groups is 2. The molecule has 0 saturated carbocycles. The molecule has 1 aliphatic heterocycles. The van der Waals surface area contributed by atoms with E-state index in [1.807, 2.05) is 4.90 Å². The van der Waals surface area contributed by atoms with Gasteiger partial charge >= 0.3 is 0 Å². The first-order valence-corrected chi connectivity index (χ1v) is 6.01. The molecule has 0 atom stereocenters. The minimum atomic E-state index is -0.272. The van der Waals surface area contributed by atoms with Crippen LogP contribution in [-0.4, -0.2) is 35.3 Å². The highest BCUT2D eigenvalue weighted by molar-refractivity contribution is 6.32. The van der Waals surface area contributed by atoms with Crippen molar-refractivity contribution >= 4 is 29.6 Å². The summed E-state index contributed by atoms with van der Waals surface area (Å²) in [6, 6.07) is 0. The predicted molar refractivity (Wildman–Crippen MR) is 66.6 cm³/mol. The van der Waals surface area contributed by atoms with Gasteiger partial charge in [-0.25, -0.2) is 9.97 Å². The van der Waals surface area contributed by atoms with Gasteiger partial charge in [0.2, 0.25) is 5.91 Å². The molecular weight excluding hydrogens is 256 g/mol. The summed E-state index contributed by atoms with van der Waals surface area (Å²) in [4.78, 5) is 31.9. The van der Waals surface area contributed by atoms with Gasteiger partial charge in [-0.2, -0.15) is 0 Å². The molecule has 1 aromatic heterocycles. The topological polar surface area (TPSA) is 89.2 Å². The van der Waals surface area contributed by atoms with E-state index in [4.69, 9.17) is 17.3 Å². The first kappa shape index (κ1) is 12.8. The van der Waals surface area contributed by atoms with Crippen LogP contribution in [0.15, 0.2) is 6.33 Å². The highest BCUT2D eigenvalue weighted by atomic mass is 35.5. The van der Waals surface area contributed by atoms with Crippen LogP contribution in [0.1, 0.15) is 23.2 Å². The van der Waals surface area contributed by atoms with E-state index in [2.05, 4.69) is 9.97 Å². The number of nitrogens with two attached hydrogens (primary N) is 1. The van der Waals surface area contributed by atoms with Crippen LogP contribution in [0.4, 0.5) is 5.82 Å². The van der Waals surface area contributed by atoms with Crippen molar-refractivity contribution in [2.75, 3.05) is 18.0 Å². The van der Waals surface area contributed by atoms with Crippen LogP contribution in [0.25, 0.3) is 0 Å². The molecule has 1 aromatic rings. The van der Waals surface area contributed by atoms with E-state index in [0.29, 0.717) is 38.0 Å². The molecule has 0 bridgehead atoms. The van der Waals surface area contributed by atoms with Gasteiger partial charge in [0.05, 0.1) is 5.56 Å². The predicted octanol–water partition coefficient (Wildman–Crippen LogP) is 0.644. The number of amides is 1. The summed E-state index contributed by atoms with van der Waals surface area (Å²) in [7, 11) is 0. The molecule has 6 nitrogen and oxygen atoms in total. The van der Waals surface area contributed by atoms with Gasteiger partial charge in [-0.3, -0.25) is 9.59 Å². The van der Waals surface area contributed by atoms with Crippen molar-refractivity contribution < 1.29 is 9.59 Å². The highest BCUT2D eigenvalue weighted by Gasteiger charge is 2.25. The summed E-state index contributed by atoms with van der Waals surface area (Å²) in [6.45, 7) is 1.25. The number of aromatic nitrogens is 2. The van der Waals surface area contributed by atoms with E-state index in [0.717, 1.165) is 0 Å². The molecule has 1 aliphatic rings. The smallest absolute Gasteiger partial charge is 0.220 e. The normalized spacial score (nSPS) is 16.6. The lowest BCUT2D eigenvalue weighted by molar-refractivity contribution is -0.122. The van der Waals surface area contributed by atoms with Gasteiger partial charge in [0.1, 0.15) is 17.3 Å². The molecule has 1 fully saturated rings. The lowest BCUT2D eigenvalue weighted by atomic mass is 9.96. The first-order valence-electron chi connectivity index (χ1n) is 5.63. The van der Waals surface area contributed by atoms with Crippen LogP contribution in [0.2, 0.25) is 5.15 Å². The number of nitrogens with zero attached hydrogens (tertiary/aromatic N) is 3. The second-order valence-corrected chi connectivity index (χ2v) is 4.54. The molecule has 96 valence electrons. The summed E-state index contributed by atoms with van der Waals surface area (Å²) in [6.07, 6.45) is 3.30. The number of rotatable bonds is 3. The summed E-state index contributed by atoms with van der Waals surface area (Å²) in [5, 5.41) is 0.145. The van der Waals surface area contributed by atoms with Gasteiger partial charge in [0, 0.05) is 19.0 Å². The number of hydrogen-bond acceptors (Lipinski definition) is 5. The summed E-state index contributed by atoms with van der Waals surface area (Å²) >= 11 is 5.84. The van der Waals surface area contributed by atoms with Gasteiger partial charge in [-0.05, 0) is 12.8 Å². The maximum Gasteiger partial charge on any atom is 0.220 e. The summed E-state index contributed by atoms with van der Waals surface area (Å²) in [5.74, 6) is 0.150. The fourth-order valence-electron chi connectivity index (χ4n) is 2.09. The second kappa shape index (κ2) is 5.30. The molecule has 18 heavy (non-hydrogen) atoms. The van der Waals surface area contributed by atoms with Crippen LogP contribution in [0, 0.1) is 5.92 Å². The van der Waals surface area contributed by atoms with E-state index in [9.17, 15) is 9.59 Å². The Morgan fingerprint density at radius 1 is 1.44 bits per heavy atom. The van der Waals surface area contributed by atoms with Gasteiger partial charge in [0.15, 0.2) is 6.29 Å². The van der Waals surface area contributed by atoms with Gasteiger partial charge in [-0.1, -0.05) is 11.6 Å². The SMILES string of the molecule is NC(=O)C1CCN(c2ncnc(Cl)c2C=O)CC1. The average Bonchev–Trinajstić information content (AvgIpc) is 2.38. The molecular formula is C11H13ClN4O2. The number of carbonyl (C=O) groups excluding carboxylic acids is 2. The van der Waals surface area contributed by atoms with Crippen molar-refractivity contribution in [1.29, 1.82) is 0 Å². The largest absolute Gasteiger partial charge is 0.369 e. The highest BCUT2D eigenvalue weighted by Crippen LogP contribution is 2.26. The van der Waals surface area contributed by atoms with Crippen LogP contribution in [-0.2, 0) is 4.79 Å². The Bertz CT molecular complexity index is 472. The van der Waals surface area contributed by atoms with E-state index in [-0.39, 0.29) is 22.5 Å². The maximum absolute atomic E-state index is 11.1. The number of hydrogen-bond donors (Lipinski definition) is 1. The molecule has 0 radical (unpaired) electrons. The molecule has 0 aliphatic carbocycles. The summed E-state index contributed by atoms with van der Waals surface area (Å²) < 4.78 is 0. The minimum Gasteiger partial charge on any atom is -0.369 e. The fourth-order valence-corrected chi connectivity index (χ4v) is 2.27. The molecule has 1 amide bonds. The molecule has 2 N–H and O–H groups in total. The molecule has 2 heterocycles. The van der Waals surface area contributed by atoms with Crippen LogP contribution < -0.4 is 10.6 Å². The lowest BCUT2D eigenvalue weighted by Gasteiger charge is -2.31. The minimum absolute atomic E-state index is 0.0989. The van der Waals surface area contributed by atoms with E-state index < -0.39 is 0 Å². The zero-order valence-electron chi connectivity index (χ0n) is 9.67. The molecule has 0 unspecified atom stereocenters. The standard InChI is InChI=1S/C11H13ClN4O2/c12-9-8(5-17)11(15-6-14-9)16-3-1-7(2-4-16)10(13)18/h5-7H,1-4H2,(H2,13,18). The quantitative estimate of drug-likeness (QED) is 0.642. The van der Waals surface area contributed by atoms with Gasteiger partial charge in [0.25, 0.3) is 0 Å². The number of aldehydes is 1. The molecule has 0 aromatic carbocycles. The monoisotopic (exact) mass is 268 g/mol. The zero-order valence-corrected chi connectivity index (χ0v) is 10.4. The number of halogens is 1. The Morgan fingerprint density at radius 3 is 2.67 bits per heavy atom.